The molecule has 1 nitrogen and oxygen atoms in total. The minimum absolute atomic E-state index is 0.0694. The molecule has 0 N–H and O–H groups in total. The Balaban J connectivity index is 3.34. The average Bonchev–Trinajstić information content (AvgIpc) is 1.65. The highest BCUT2D eigenvalue weighted by molar-refractivity contribution is 5.52. The Labute approximate surface area is 39.8 Å². The molecule has 0 aliphatic carbocycles. The molecule has 0 saturated carbocycles. The van der Waals surface area contributed by atoms with E-state index in [1.165, 1.54) is 0 Å². The Morgan fingerprint density at radius 3 is 2.67 bits per heavy atom. The maximum Gasteiger partial charge on any atom is 0.122 e. The molecule has 0 bridgehead atoms. The summed E-state index contributed by atoms with van der Waals surface area (Å²) < 4.78 is 6.54. The lowest BCUT2D eigenvalue weighted by molar-refractivity contribution is -0.110. The van der Waals surface area contributed by atoms with Crippen LogP contribution in [0.15, 0.2) is 0 Å². The molecule has 0 amide bonds. The molecule has 0 saturated heterocycles. The van der Waals surface area contributed by atoms with E-state index in [0.717, 1.165) is 6.42 Å². The standard InChI is InChI=1S/C5H10O/c1-3-5(2)4-6/h4-5H,3H2,1-2H3/i4D. The maximum atomic E-state index is 10.0. The van der Waals surface area contributed by atoms with Gasteiger partial charge in [0.05, 0.1) is 0 Å². The van der Waals surface area contributed by atoms with Crippen molar-refractivity contribution in [1.29, 1.82) is 0 Å². The third-order valence-electron chi connectivity index (χ3n) is 0.814. The van der Waals surface area contributed by atoms with Crippen LogP contribution in [0.3, 0.4) is 0 Å². The number of carbonyl (C=O) groups excluding carboxylic acids is 1. The molecule has 0 aliphatic heterocycles. The van der Waals surface area contributed by atoms with Crippen LogP contribution in [-0.2, 0) is 4.79 Å². The van der Waals surface area contributed by atoms with Crippen LogP contribution in [0.4, 0.5) is 0 Å². The van der Waals surface area contributed by atoms with Crippen LogP contribution in [0.2, 0.25) is 0 Å². The van der Waals surface area contributed by atoms with Gasteiger partial charge in [-0.15, -0.1) is 0 Å². The summed E-state index contributed by atoms with van der Waals surface area (Å²) in [6, 6.07) is 0. The van der Waals surface area contributed by atoms with Crippen molar-refractivity contribution in [3.8, 4) is 0 Å². The van der Waals surface area contributed by atoms with Gasteiger partial charge in [-0.2, -0.15) is 0 Å². The third-order valence-corrected chi connectivity index (χ3v) is 0.814. The fourth-order valence-electron chi connectivity index (χ4n) is 0.0833. The Bertz CT molecular complexity index is 70.5. The fraction of sp³-hybridized carbons (Fsp3) is 0.800. The molecular weight excluding hydrogens is 76.1 g/mol. The van der Waals surface area contributed by atoms with Gasteiger partial charge in [-0.25, -0.2) is 0 Å². The lowest BCUT2D eigenvalue weighted by atomic mass is 10.2. The van der Waals surface area contributed by atoms with Crippen molar-refractivity contribution in [3.05, 3.63) is 0 Å². The summed E-state index contributed by atoms with van der Waals surface area (Å²) in [5, 5.41) is 0. The molecule has 1 atom stereocenters. The molecular formula is C5H10O. The summed E-state index contributed by atoms with van der Waals surface area (Å²) >= 11 is 0. The van der Waals surface area contributed by atoms with Gasteiger partial charge in [0.2, 0.25) is 0 Å². The van der Waals surface area contributed by atoms with E-state index < -0.39 is 6.26 Å². The Morgan fingerprint density at radius 1 is 2.17 bits per heavy atom. The molecule has 0 aliphatic rings. The van der Waals surface area contributed by atoms with Crippen molar-refractivity contribution >= 4 is 6.26 Å². The summed E-state index contributed by atoms with van der Waals surface area (Å²) in [6.45, 7) is 3.66. The lowest BCUT2D eigenvalue weighted by Gasteiger charge is -1.89. The van der Waals surface area contributed by atoms with Crippen molar-refractivity contribution in [1.82, 2.24) is 0 Å². The van der Waals surface area contributed by atoms with Crippen LogP contribution in [0.5, 0.6) is 0 Å². The van der Waals surface area contributed by atoms with E-state index in [1.54, 1.807) is 6.92 Å². The molecule has 1 unspecified atom stereocenters. The maximum absolute atomic E-state index is 10.0. The molecule has 0 aromatic carbocycles. The molecule has 0 heterocycles. The number of hydrogen-bond acceptors (Lipinski definition) is 1. The van der Waals surface area contributed by atoms with Crippen LogP contribution in [0.25, 0.3) is 0 Å². The number of carbonyl (C=O) groups is 1. The molecule has 0 aromatic rings. The zero-order chi connectivity index (χ0) is 5.86. The van der Waals surface area contributed by atoms with Gasteiger partial charge in [-0.05, 0) is 6.42 Å². The van der Waals surface area contributed by atoms with Crippen molar-refractivity contribution in [2.45, 2.75) is 20.3 Å². The van der Waals surface area contributed by atoms with E-state index in [0.29, 0.717) is 0 Å². The normalized spacial score (nSPS) is 16.0. The molecule has 0 fully saturated rings. The summed E-state index contributed by atoms with van der Waals surface area (Å²) in [6.07, 6.45) is 0.324. The second-order valence-electron chi connectivity index (χ2n) is 1.43. The first-order chi connectivity index (χ1) is 3.18. The highest BCUT2D eigenvalue weighted by Crippen LogP contribution is 1.91. The summed E-state index contributed by atoms with van der Waals surface area (Å²) in [7, 11) is 0. The highest BCUT2D eigenvalue weighted by atomic mass is 16.1. The minimum atomic E-state index is -0.456. The second kappa shape index (κ2) is 2.88. The van der Waals surface area contributed by atoms with Gasteiger partial charge >= 0.3 is 0 Å². The summed E-state index contributed by atoms with van der Waals surface area (Å²) in [5.41, 5.74) is 0. The first kappa shape index (κ1) is 3.85. The van der Waals surface area contributed by atoms with Gasteiger partial charge in [0.25, 0.3) is 0 Å². The van der Waals surface area contributed by atoms with Crippen molar-refractivity contribution in [2.75, 3.05) is 0 Å². The van der Waals surface area contributed by atoms with Crippen LogP contribution < -0.4 is 0 Å². The van der Waals surface area contributed by atoms with Crippen molar-refractivity contribution in [3.63, 3.8) is 0 Å². The Morgan fingerprint density at radius 2 is 2.67 bits per heavy atom. The molecule has 1 heteroatoms. The van der Waals surface area contributed by atoms with E-state index in [2.05, 4.69) is 0 Å². The van der Waals surface area contributed by atoms with Gasteiger partial charge in [0.1, 0.15) is 7.63 Å². The zero-order valence-electron chi connectivity index (χ0n) is 5.19. The van der Waals surface area contributed by atoms with Gasteiger partial charge in [0.15, 0.2) is 0 Å². The number of hydrogen-bond donors (Lipinski definition) is 0. The molecule has 0 aromatic heterocycles. The fourth-order valence-corrected chi connectivity index (χ4v) is 0.0833. The van der Waals surface area contributed by atoms with Crippen molar-refractivity contribution in [2.24, 2.45) is 5.92 Å². The van der Waals surface area contributed by atoms with Gasteiger partial charge in [-0.1, -0.05) is 13.8 Å². The Hall–Kier alpha value is -0.330. The SMILES string of the molecule is [2H]C(=O)C(C)CC. The quantitative estimate of drug-likeness (QED) is 0.463. The van der Waals surface area contributed by atoms with E-state index in [4.69, 9.17) is 1.37 Å². The third kappa shape index (κ3) is 1.94. The topological polar surface area (TPSA) is 17.1 Å². The average molecular weight is 87.1 g/mol. The molecule has 6 heavy (non-hydrogen) atoms. The summed E-state index contributed by atoms with van der Waals surface area (Å²) in [4.78, 5) is 10.0. The minimum Gasteiger partial charge on any atom is -0.303 e. The lowest BCUT2D eigenvalue weighted by Crippen LogP contribution is -1.89. The van der Waals surface area contributed by atoms with Crippen LogP contribution in [-0.4, -0.2) is 6.26 Å². The zero-order valence-corrected chi connectivity index (χ0v) is 4.19. The van der Waals surface area contributed by atoms with Gasteiger partial charge < -0.3 is 4.79 Å². The van der Waals surface area contributed by atoms with E-state index in [1.807, 2.05) is 6.92 Å². The van der Waals surface area contributed by atoms with Gasteiger partial charge in [0, 0.05) is 5.92 Å². The highest BCUT2D eigenvalue weighted by Gasteiger charge is 1.89. The second-order valence-corrected chi connectivity index (χ2v) is 1.43. The first-order valence-electron chi connectivity index (χ1n) is 2.69. The largest absolute Gasteiger partial charge is 0.303 e. The summed E-state index contributed by atoms with van der Waals surface area (Å²) in [5.74, 6) is -0.0694. The first-order valence-corrected chi connectivity index (χ1v) is 2.19. The van der Waals surface area contributed by atoms with Crippen LogP contribution in [0, 0.1) is 5.92 Å². The number of rotatable bonds is 2. The van der Waals surface area contributed by atoms with Crippen LogP contribution >= 0.6 is 0 Å². The predicted octanol–water partition coefficient (Wildman–Crippen LogP) is 1.23. The van der Waals surface area contributed by atoms with Gasteiger partial charge in [-0.3, -0.25) is 0 Å². The van der Waals surface area contributed by atoms with E-state index in [-0.39, 0.29) is 5.92 Å². The van der Waals surface area contributed by atoms with E-state index in [9.17, 15) is 4.79 Å². The molecule has 0 spiro atoms. The van der Waals surface area contributed by atoms with Crippen LogP contribution in [0.1, 0.15) is 21.6 Å². The predicted molar refractivity (Wildman–Crippen MR) is 25.5 cm³/mol. The van der Waals surface area contributed by atoms with E-state index >= 15 is 0 Å². The molecule has 0 rings (SSSR count). The van der Waals surface area contributed by atoms with Crippen molar-refractivity contribution < 1.29 is 6.17 Å². The molecule has 36 valence electrons. The molecule has 0 radical (unpaired) electrons. The Kier molecular flexibility index (Phi) is 1.85. The smallest absolute Gasteiger partial charge is 0.122 e. The number of aldehydes is 1. The monoisotopic (exact) mass is 87.1 g/mol.